The first kappa shape index (κ1) is 11.3. The Morgan fingerprint density at radius 1 is 1.23 bits per heavy atom. The monoisotopic (exact) mass is 184 g/mol. The zero-order valence-electron chi connectivity index (χ0n) is 6.40. The van der Waals surface area contributed by atoms with Crippen molar-refractivity contribution in [2.24, 2.45) is 0 Å². The van der Waals surface area contributed by atoms with Crippen molar-refractivity contribution < 1.29 is 20.1 Å². The highest BCUT2D eigenvalue weighted by molar-refractivity contribution is 5.91. The molecule has 3 N–H and O–H groups in total. The largest absolute Gasteiger partial charge is 0.508 e. The Bertz CT molecular complexity index is 331. The Morgan fingerprint density at radius 2 is 1.77 bits per heavy atom. The highest BCUT2D eigenvalue weighted by Gasteiger charge is 2.11. The van der Waals surface area contributed by atoms with Gasteiger partial charge in [0.15, 0.2) is 0 Å². The first-order chi connectivity index (χ1) is 5.52. The summed E-state index contributed by atoms with van der Waals surface area (Å²) in [6, 6.07) is 2.23. The second-order valence-electron chi connectivity index (χ2n) is 2.46. The van der Waals surface area contributed by atoms with Gasteiger partial charge in [-0.2, -0.15) is 0 Å². The van der Waals surface area contributed by atoms with Gasteiger partial charge in [-0.15, -0.1) is 0 Å². The molecule has 1 rings (SSSR count). The van der Waals surface area contributed by atoms with Gasteiger partial charge in [0, 0.05) is 6.07 Å². The van der Waals surface area contributed by atoms with Crippen molar-refractivity contribution in [3.05, 3.63) is 23.3 Å². The van der Waals surface area contributed by atoms with E-state index in [1.165, 1.54) is 6.07 Å². The number of aryl methyl sites for hydroxylation is 1. The van der Waals surface area contributed by atoms with E-state index >= 15 is 0 Å². The molecule has 0 saturated carbocycles. The number of aromatic carboxylic acids is 1. The SMILES string of the molecule is C.Cc1cc(C(=O)O)c(O)cc1O. The maximum atomic E-state index is 10.4. The number of phenolic OH excluding ortho intramolecular Hbond substituents is 1. The average molecular weight is 184 g/mol. The van der Waals surface area contributed by atoms with Crippen LogP contribution < -0.4 is 0 Å². The van der Waals surface area contributed by atoms with Gasteiger partial charge in [-0.05, 0) is 18.6 Å². The normalized spacial score (nSPS) is 9.00. The highest BCUT2D eigenvalue weighted by atomic mass is 16.4. The molecular formula is C9H12O4. The molecule has 1 aromatic rings. The highest BCUT2D eigenvalue weighted by Crippen LogP contribution is 2.26. The van der Waals surface area contributed by atoms with Crippen LogP contribution in [-0.2, 0) is 0 Å². The van der Waals surface area contributed by atoms with Crippen LogP contribution in [0.5, 0.6) is 11.5 Å². The molecule has 0 aromatic heterocycles. The minimum atomic E-state index is -1.21. The van der Waals surface area contributed by atoms with Gasteiger partial charge in [0.1, 0.15) is 17.1 Å². The zero-order valence-corrected chi connectivity index (χ0v) is 6.40. The summed E-state index contributed by atoms with van der Waals surface area (Å²) in [5, 5.41) is 26.6. The van der Waals surface area contributed by atoms with Gasteiger partial charge >= 0.3 is 5.97 Å². The molecule has 0 saturated heterocycles. The number of hydrogen-bond acceptors (Lipinski definition) is 3. The number of benzene rings is 1. The summed E-state index contributed by atoms with van der Waals surface area (Å²) in [5.74, 6) is -1.75. The van der Waals surface area contributed by atoms with Crippen molar-refractivity contribution in [3.63, 3.8) is 0 Å². The Labute approximate surface area is 76.1 Å². The van der Waals surface area contributed by atoms with Crippen LogP contribution in [-0.4, -0.2) is 21.3 Å². The van der Waals surface area contributed by atoms with Crippen LogP contribution in [0, 0.1) is 6.92 Å². The molecule has 0 amide bonds. The quantitative estimate of drug-likeness (QED) is 0.621. The number of carboxylic acid groups (broad SMARTS) is 1. The van der Waals surface area contributed by atoms with Gasteiger partial charge in [0.2, 0.25) is 0 Å². The maximum Gasteiger partial charge on any atom is 0.339 e. The van der Waals surface area contributed by atoms with Crippen LogP contribution in [0.1, 0.15) is 23.3 Å². The Balaban J connectivity index is 0.00000144. The molecule has 0 aliphatic rings. The van der Waals surface area contributed by atoms with E-state index in [-0.39, 0.29) is 18.7 Å². The second-order valence-corrected chi connectivity index (χ2v) is 2.46. The molecule has 0 heterocycles. The summed E-state index contributed by atoms with van der Waals surface area (Å²) in [4.78, 5) is 10.4. The third-order valence-corrected chi connectivity index (χ3v) is 1.54. The van der Waals surface area contributed by atoms with Gasteiger partial charge in [-0.25, -0.2) is 4.79 Å². The molecule has 0 spiro atoms. The lowest BCUT2D eigenvalue weighted by atomic mass is 10.1. The fourth-order valence-corrected chi connectivity index (χ4v) is 0.857. The lowest BCUT2D eigenvalue weighted by molar-refractivity contribution is 0.0693. The lowest BCUT2D eigenvalue weighted by Gasteiger charge is -2.02. The van der Waals surface area contributed by atoms with E-state index in [9.17, 15) is 4.79 Å². The van der Waals surface area contributed by atoms with Gasteiger partial charge in [0.05, 0.1) is 0 Å². The Morgan fingerprint density at radius 3 is 2.23 bits per heavy atom. The second kappa shape index (κ2) is 3.80. The van der Waals surface area contributed by atoms with E-state index in [0.717, 1.165) is 6.07 Å². The van der Waals surface area contributed by atoms with Crippen LogP contribution in [0.4, 0.5) is 0 Å². The molecule has 0 radical (unpaired) electrons. The van der Waals surface area contributed by atoms with Crippen LogP contribution in [0.3, 0.4) is 0 Å². The van der Waals surface area contributed by atoms with Crippen LogP contribution >= 0.6 is 0 Å². The molecule has 72 valence electrons. The Kier molecular flexibility index (Phi) is 3.30. The van der Waals surface area contributed by atoms with Crippen molar-refractivity contribution in [2.45, 2.75) is 14.4 Å². The van der Waals surface area contributed by atoms with Gasteiger partial charge in [0.25, 0.3) is 0 Å². The van der Waals surface area contributed by atoms with Gasteiger partial charge in [-0.1, -0.05) is 7.43 Å². The van der Waals surface area contributed by atoms with E-state index < -0.39 is 11.7 Å². The zero-order chi connectivity index (χ0) is 9.30. The minimum Gasteiger partial charge on any atom is -0.508 e. The summed E-state index contributed by atoms with van der Waals surface area (Å²) in [7, 11) is 0. The van der Waals surface area contributed by atoms with E-state index in [4.69, 9.17) is 15.3 Å². The topological polar surface area (TPSA) is 77.8 Å². The molecule has 0 fully saturated rings. The number of rotatable bonds is 1. The molecule has 0 unspecified atom stereocenters. The van der Waals surface area contributed by atoms with Crippen molar-refractivity contribution in [2.75, 3.05) is 0 Å². The van der Waals surface area contributed by atoms with E-state index in [1.54, 1.807) is 6.92 Å². The number of carboxylic acids is 1. The number of hydrogen-bond donors (Lipinski definition) is 3. The molecule has 0 aliphatic heterocycles. The minimum absolute atomic E-state index is 0. The summed E-state index contributed by atoms with van der Waals surface area (Å²) >= 11 is 0. The van der Waals surface area contributed by atoms with E-state index in [2.05, 4.69) is 0 Å². The lowest BCUT2D eigenvalue weighted by Crippen LogP contribution is -1.97. The van der Waals surface area contributed by atoms with Crippen LogP contribution in [0.25, 0.3) is 0 Å². The van der Waals surface area contributed by atoms with Crippen LogP contribution in [0.2, 0.25) is 0 Å². The predicted octanol–water partition coefficient (Wildman–Crippen LogP) is 1.74. The Hall–Kier alpha value is -1.71. The first-order valence-electron chi connectivity index (χ1n) is 3.28. The summed E-state index contributed by atoms with van der Waals surface area (Å²) in [6.07, 6.45) is 0. The van der Waals surface area contributed by atoms with Crippen molar-refractivity contribution in [1.29, 1.82) is 0 Å². The standard InChI is InChI=1S/C8H8O4.CH4/c1-4-2-5(8(11)12)7(10)3-6(4)9;/h2-3,9-10H,1H3,(H,11,12);1H4. The van der Waals surface area contributed by atoms with Gasteiger partial charge < -0.3 is 15.3 Å². The summed E-state index contributed by atoms with van der Waals surface area (Å²) < 4.78 is 0. The van der Waals surface area contributed by atoms with Crippen LogP contribution in [0.15, 0.2) is 12.1 Å². The van der Waals surface area contributed by atoms with E-state index in [1.807, 2.05) is 0 Å². The summed E-state index contributed by atoms with van der Waals surface area (Å²) in [6.45, 7) is 1.56. The maximum absolute atomic E-state index is 10.4. The van der Waals surface area contributed by atoms with Gasteiger partial charge in [-0.3, -0.25) is 0 Å². The molecule has 0 bridgehead atoms. The molecule has 4 nitrogen and oxygen atoms in total. The predicted molar refractivity (Wildman–Crippen MR) is 48.2 cm³/mol. The van der Waals surface area contributed by atoms with Crippen molar-refractivity contribution in [3.8, 4) is 11.5 Å². The molecule has 0 aliphatic carbocycles. The van der Waals surface area contributed by atoms with E-state index in [0.29, 0.717) is 5.56 Å². The molecular weight excluding hydrogens is 172 g/mol. The average Bonchev–Trinajstić information content (AvgIpc) is 1.96. The first-order valence-corrected chi connectivity index (χ1v) is 3.28. The third kappa shape index (κ3) is 2.11. The number of carbonyl (C=O) groups is 1. The van der Waals surface area contributed by atoms with Crippen molar-refractivity contribution >= 4 is 5.97 Å². The third-order valence-electron chi connectivity index (χ3n) is 1.54. The molecule has 1 aromatic carbocycles. The smallest absolute Gasteiger partial charge is 0.339 e. The van der Waals surface area contributed by atoms with Crippen molar-refractivity contribution in [1.82, 2.24) is 0 Å². The number of aromatic hydroxyl groups is 2. The molecule has 0 atom stereocenters. The summed E-state index contributed by atoms with van der Waals surface area (Å²) in [5.41, 5.74) is 0.218. The fourth-order valence-electron chi connectivity index (χ4n) is 0.857. The fraction of sp³-hybridized carbons (Fsp3) is 0.222. The molecule has 13 heavy (non-hydrogen) atoms. The molecule has 4 heteroatoms. The number of phenols is 2.